The second kappa shape index (κ2) is 6.43. The molecule has 0 radical (unpaired) electrons. The van der Waals surface area contributed by atoms with E-state index in [4.69, 9.17) is 11.6 Å². The summed E-state index contributed by atoms with van der Waals surface area (Å²) in [6.45, 7) is 10.8. The number of benzene rings is 1. The van der Waals surface area contributed by atoms with Crippen molar-refractivity contribution in [1.82, 2.24) is 9.78 Å². The summed E-state index contributed by atoms with van der Waals surface area (Å²) >= 11 is 6.10. The monoisotopic (exact) mass is 355 g/mol. The summed E-state index contributed by atoms with van der Waals surface area (Å²) in [7, 11) is 0. The van der Waals surface area contributed by atoms with Gasteiger partial charge in [0.15, 0.2) is 0 Å². The van der Waals surface area contributed by atoms with E-state index in [1.807, 2.05) is 13.8 Å². The summed E-state index contributed by atoms with van der Waals surface area (Å²) in [5.74, 6) is 0. The van der Waals surface area contributed by atoms with Crippen molar-refractivity contribution in [1.29, 1.82) is 0 Å². The van der Waals surface area contributed by atoms with Crippen molar-refractivity contribution < 1.29 is 13.2 Å². The largest absolute Gasteiger partial charge is 0.416 e. The first-order valence-electron chi connectivity index (χ1n) is 7.16. The van der Waals surface area contributed by atoms with Gasteiger partial charge in [0.1, 0.15) is 5.69 Å². The third-order valence-corrected chi connectivity index (χ3v) is 3.97. The third kappa shape index (κ3) is 3.53. The van der Waals surface area contributed by atoms with Crippen molar-refractivity contribution >= 4 is 23.0 Å². The lowest BCUT2D eigenvalue weighted by molar-refractivity contribution is -0.137. The molecule has 0 N–H and O–H groups in total. The first-order valence-corrected chi connectivity index (χ1v) is 7.53. The predicted octanol–water partition coefficient (Wildman–Crippen LogP) is 5.83. The molecular weight excluding hydrogens is 339 g/mol. The molecule has 0 aliphatic rings. The lowest BCUT2D eigenvalue weighted by Gasteiger charge is -2.14. The molecule has 0 unspecified atom stereocenters. The number of aromatic nitrogens is 2. The highest BCUT2D eigenvalue weighted by Crippen LogP contribution is 2.36. The third-order valence-electron chi connectivity index (χ3n) is 3.68. The molecule has 0 saturated heterocycles. The van der Waals surface area contributed by atoms with Gasteiger partial charge >= 0.3 is 6.18 Å². The highest BCUT2D eigenvalue weighted by Gasteiger charge is 2.32. The molecule has 0 amide bonds. The number of allylic oxidation sites excluding steroid dienone is 1. The Morgan fingerprint density at radius 3 is 2.38 bits per heavy atom. The minimum absolute atomic E-state index is 0.0133. The van der Waals surface area contributed by atoms with E-state index >= 15 is 0 Å². The molecule has 0 aliphatic heterocycles. The molecule has 2 aromatic rings. The van der Waals surface area contributed by atoms with Gasteiger partial charge in [-0.1, -0.05) is 18.2 Å². The summed E-state index contributed by atoms with van der Waals surface area (Å²) in [4.78, 5) is 4.43. The maximum Gasteiger partial charge on any atom is 0.416 e. The minimum Gasteiger partial charge on any atom is -0.250 e. The van der Waals surface area contributed by atoms with Crippen LogP contribution in [-0.4, -0.2) is 15.5 Å². The molecule has 7 heteroatoms. The molecular formula is C17H17ClF3N3. The van der Waals surface area contributed by atoms with Gasteiger partial charge in [0.05, 0.1) is 28.2 Å². The van der Waals surface area contributed by atoms with Gasteiger partial charge in [0, 0.05) is 5.71 Å². The molecule has 0 spiro atoms. The number of hydrogen-bond donors (Lipinski definition) is 0. The van der Waals surface area contributed by atoms with Crippen LogP contribution in [0.1, 0.15) is 30.7 Å². The maximum absolute atomic E-state index is 12.9. The molecule has 2 rings (SSSR count). The van der Waals surface area contributed by atoms with Gasteiger partial charge in [-0.05, 0) is 51.0 Å². The number of aliphatic imine (C=N–C) groups is 1. The smallest absolute Gasteiger partial charge is 0.250 e. The van der Waals surface area contributed by atoms with E-state index in [0.29, 0.717) is 22.6 Å². The topological polar surface area (TPSA) is 30.2 Å². The molecule has 1 heterocycles. The van der Waals surface area contributed by atoms with E-state index in [1.54, 1.807) is 20.0 Å². The number of nitrogens with zero attached hydrogens (tertiary/aromatic N) is 3. The van der Waals surface area contributed by atoms with E-state index in [0.717, 1.165) is 23.4 Å². The molecule has 1 aromatic heterocycles. The quantitative estimate of drug-likeness (QED) is 0.637. The van der Waals surface area contributed by atoms with Crippen LogP contribution in [-0.2, 0) is 6.18 Å². The highest BCUT2D eigenvalue weighted by molar-refractivity contribution is 6.32. The summed E-state index contributed by atoms with van der Waals surface area (Å²) in [5.41, 5.74) is 2.89. The molecule has 1 aromatic carbocycles. The number of rotatable bonds is 3. The zero-order valence-corrected chi connectivity index (χ0v) is 14.5. The minimum atomic E-state index is -4.44. The molecule has 24 heavy (non-hydrogen) atoms. The Morgan fingerprint density at radius 1 is 1.25 bits per heavy atom. The van der Waals surface area contributed by atoms with Crippen LogP contribution >= 0.6 is 11.6 Å². The van der Waals surface area contributed by atoms with Gasteiger partial charge < -0.3 is 0 Å². The average Bonchev–Trinajstić information content (AvgIpc) is 2.79. The standard InChI is InChI=1S/C17H17ClF3N3/c1-9(2)11(4)23-15-8-22-24(12(15)5)16-10(3)6-13(7-14(16)18)17(19,20)21/h6-8H,1H2,2-5H3. The fourth-order valence-corrected chi connectivity index (χ4v) is 2.53. The Balaban J connectivity index is 2.57. The summed E-state index contributed by atoms with van der Waals surface area (Å²) in [6.07, 6.45) is -2.89. The van der Waals surface area contributed by atoms with Crippen LogP contribution in [0.4, 0.5) is 18.9 Å². The second-order valence-corrected chi connectivity index (χ2v) is 6.03. The van der Waals surface area contributed by atoms with Crippen LogP contribution in [0.15, 0.2) is 35.5 Å². The summed E-state index contributed by atoms with van der Waals surface area (Å²) in [6, 6.07) is 1.97. The summed E-state index contributed by atoms with van der Waals surface area (Å²) < 4.78 is 40.1. The summed E-state index contributed by atoms with van der Waals surface area (Å²) in [5, 5.41) is 4.21. The van der Waals surface area contributed by atoms with E-state index in [9.17, 15) is 13.2 Å². The van der Waals surface area contributed by atoms with Crippen LogP contribution in [0.2, 0.25) is 5.02 Å². The van der Waals surface area contributed by atoms with Crippen LogP contribution in [0.5, 0.6) is 0 Å². The molecule has 0 saturated carbocycles. The normalized spacial score (nSPS) is 12.6. The maximum atomic E-state index is 12.9. The fraction of sp³-hybridized carbons (Fsp3) is 0.294. The van der Waals surface area contributed by atoms with E-state index in [-0.39, 0.29) is 5.02 Å². The predicted molar refractivity (Wildman–Crippen MR) is 90.6 cm³/mol. The number of alkyl halides is 3. The lowest BCUT2D eigenvalue weighted by Crippen LogP contribution is -2.08. The van der Waals surface area contributed by atoms with Crippen molar-refractivity contribution in [2.45, 2.75) is 33.9 Å². The van der Waals surface area contributed by atoms with Crippen molar-refractivity contribution in [3.05, 3.63) is 52.3 Å². The zero-order chi connectivity index (χ0) is 18.2. The van der Waals surface area contributed by atoms with Gasteiger partial charge in [-0.2, -0.15) is 18.3 Å². The lowest BCUT2D eigenvalue weighted by atomic mass is 10.1. The number of aryl methyl sites for hydroxylation is 1. The number of hydrogen-bond acceptors (Lipinski definition) is 2. The average molecular weight is 356 g/mol. The Morgan fingerprint density at radius 2 is 1.88 bits per heavy atom. The Bertz CT molecular complexity index is 809. The van der Waals surface area contributed by atoms with Gasteiger partial charge in [0.2, 0.25) is 0 Å². The Kier molecular flexibility index (Phi) is 4.90. The van der Waals surface area contributed by atoms with Crippen LogP contribution < -0.4 is 0 Å². The van der Waals surface area contributed by atoms with E-state index < -0.39 is 11.7 Å². The van der Waals surface area contributed by atoms with Gasteiger partial charge in [-0.15, -0.1) is 0 Å². The molecule has 3 nitrogen and oxygen atoms in total. The van der Waals surface area contributed by atoms with Gasteiger partial charge in [0.25, 0.3) is 0 Å². The first-order chi connectivity index (χ1) is 11.0. The SMILES string of the molecule is C=C(C)C(C)=Nc1cnn(-c2c(C)cc(C(F)(F)F)cc2Cl)c1C. The van der Waals surface area contributed by atoms with Crippen molar-refractivity contribution in [3.63, 3.8) is 0 Å². The van der Waals surface area contributed by atoms with Crippen LogP contribution in [0.25, 0.3) is 5.69 Å². The molecule has 0 aliphatic carbocycles. The highest BCUT2D eigenvalue weighted by atomic mass is 35.5. The van der Waals surface area contributed by atoms with Crippen molar-refractivity contribution in [3.8, 4) is 5.69 Å². The van der Waals surface area contributed by atoms with Crippen molar-refractivity contribution in [2.24, 2.45) is 4.99 Å². The van der Waals surface area contributed by atoms with Gasteiger partial charge in [-0.3, -0.25) is 0 Å². The van der Waals surface area contributed by atoms with Gasteiger partial charge in [-0.25, -0.2) is 9.67 Å². The van der Waals surface area contributed by atoms with Crippen molar-refractivity contribution in [2.75, 3.05) is 0 Å². The number of halogens is 4. The van der Waals surface area contributed by atoms with E-state index in [2.05, 4.69) is 16.7 Å². The van der Waals surface area contributed by atoms with E-state index in [1.165, 1.54) is 4.68 Å². The Labute approximate surface area is 143 Å². The van der Waals surface area contributed by atoms with Crippen LogP contribution in [0.3, 0.4) is 0 Å². The Hall–Kier alpha value is -2.08. The molecule has 0 atom stereocenters. The molecule has 128 valence electrons. The molecule has 0 bridgehead atoms. The first kappa shape index (κ1) is 18.3. The fourth-order valence-electron chi connectivity index (χ4n) is 2.18. The molecule has 0 fully saturated rings. The van der Waals surface area contributed by atoms with Crippen LogP contribution in [0, 0.1) is 13.8 Å². The second-order valence-electron chi connectivity index (χ2n) is 5.63. The zero-order valence-electron chi connectivity index (χ0n) is 13.8.